The number of quaternary nitrogens is 1. The van der Waals surface area contributed by atoms with Gasteiger partial charge in [-0.1, -0.05) is 13.3 Å². The zero-order valence-electron chi connectivity index (χ0n) is 16.3. The van der Waals surface area contributed by atoms with E-state index in [-0.39, 0.29) is 17.7 Å². The maximum absolute atomic E-state index is 13.4. The van der Waals surface area contributed by atoms with Crippen molar-refractivity contribution in [3.8, 4) is 0 Å². The van der Waals surface area contributed by atoms with Crippen molar-refractivity contribution in [3.05, 3.63) is 71.3 Å². The van der Waals surface area contributed by atoms with Crippen molar-refractivity contribution in [2.24, 2.45) is 0 Å². The summed E-state index contributed by atoms with van der Waals surface area (Å²) in [6.45, 7) is 6.64. The average Bonchev–Trinajstić information content (AvgIpc) is 2.71. The lowest BCUT2D eigenvalue weighted by Gasteiger charge is -2.38. The minimum Gasteiger partial charge on any atom is -0.363 e. The first-order valence-electron chi connectivity index (χ1n) is 9.96. The van der Waals surface area contributed by atoms with Crippen LogP contribution in [0.2, 0.25) is 0 Å². The van der Waals surface area contributed by atoms with Crippen LogP contribution in [-0.4, -0.2) is 42.7 Å². The van der Waals surface area contributed by atoms with Crippen LogP contribution in [0.5, 0.6) is 0 Å². The number of thiocarbonyl (C=S) groups is 1. The standard InChI is InChI=1S/C22H27F2N3S/c1-2-3-12-25-22(28)27-15-13-26(14-16-27)21(17-4-8-19(23)9-5-17)18-6-10-20(24)11-7-18/h4-11,21H,2-3,12-16H2,1H3,(H,25,28)/p+1. The lowest BCUT2D eigenvalue weighted by atomic mass is 9.96. The van der Waals surface area contributed by atoms with Gasteiger partial charge in [-0.15, -0.1) is 0 Å². The second kappa shape index (κ2) is 9.94. The molecule has 0 aliphatic carbocycles. The van der Waals surface area contributed by atoms with Gasteiger partial charge in [0, 0.05) is 17.7 Å². The van der Waals surface area contributed by atoms with Gasteiger partial charge < -0.3 is 15.1 Å². The van der Waals surface area contributed by atoms with Gasteiger partial charge in [0.15, 0.2) is 5.11 Å². The summed E-state index contributed by atoms with van der Waals surface area (Å²) in [7, 11) is 0. The van der Waals surface area contributed by atoms with E-state index in [4.69, 9.17) is 12.2 Å². The van der Waals surface area contributed by atoms with Crippen LogP contribution in [0.1, 0.15) is 36.9 Å². The second-order valence-electron chi connectivity index (χ2n) is 7.27. The number of hydrogen-bond donors (Lipinski definition) is 2. The van der Waals surface area contributed by atoms with Crippen molar-refractivity contribution >= 4 is 17.3 Å². The van der Waals surface area contributed by atoms with Gasteiger partial charge in [0.25, 0.3) is 0 Å². The summed E-state index contributed by atoms with van der Waals surface area (Å²) in [5, 5.41) is 4.16. The van der Waals surface area contributed by atoms with Crippen molar-refractivity contribution in [3.63, 3.8) is 0 Å². The Balaban J connectivity index is 1.72. The van der Waals surface area contributed by atoms with E-state index in [1.165, 1.54) is 29.2 Å². The van der Waals surface area contributed by atoms with Gasteiger partial charge in [0.2, 0.25) is 0 Å². The van der Waals surface area contributed by atoms with Crippen molar-refractivity contribution in [2.75, 3.05) is 32.7 Å². The molecule has 2 N–H and O–H groups in total. The third kappa shape index (κ3) is 5.26. The molecule has 0 spiro atoms. The molecule has 0 bridgehead atoms. The van der Waals surface area contributed by atoms with Crippen LogP contribution in [0.25, 0.3) is 0 Å². The van der Waals surface area contributed by atoms with E-state index in [1.54, 1.807) is 0 Å². The van der Waals surface area contributed by atoms with Gasteiger partial charge in [-0.3, -0.25) is 0 Å². The molecule has 0 amide bonds. The van der Waals surface area contributed by atoms with Crippen LogP contribution in [-0.2, 0) is 0 Å². The highest BCUT2D eigenvalue weighted by molar-refractivity contribution is 7.80. The largest absolute Gasteiger partial charge is 0.363 e. The zero-order valence-corrected chi connectivity index (χ0v) is 17.1. The van der Waals surface area contributed by atoms with Gasteiger partial charge in [-0.2, -0.15) is 0 Å². The number of nitrogens with zero attached hydrogens (tertiary/aromatic N) is 1. The molecule has 2 aromatic rings. The summed E-state index contributed by atoms with van der Waals surface area (Å²) in [6, 6.07) is 13.4. The first kappa shape index (κ1) is 20.7. The Hall–Kier alpha value is -2.05. The second-order valence-corrected chi connectivity index (χ2v) is 7.65. The highest BCUT2D eigenvalue weighted by Crippen LogP contribution is 2.20. The number of benzene rings is 2. The molecule has 2 aromatic carbocycles. The molecule has 0 saturated carbocycles. The van der Waals surface area contributed by atoms with Crippen molar-refractivity contribution < 1.29 is 13.7 Å². The summed E-state index contributed by atoms with van der Waals surface area (Å²) < 4.78 is 26.9. The number of rotatable bonds is 6. The van der Waals surface area contributed by atoms with Crippen LogP contribution in [0.15, 0.2) is 48.5 Å². The molecule has 1 aliphatic rings. The van der Waals surface area contributed by atoms with E-state index in [1.807, 2.05) is 24.3 Å². The maximum Gasteiger partial charge on any atom is 0.169 e. The highest BCUT2D eigenvalue weighted by Gasteiger charge is 2.30. The topological polar surface area (TPSA) is 19.7 Å². The lowest BCUT2D eigenvalue weighted by Crippen LogP contribution is -3.15. The first-order valence-corrected chi connectivity index (χ1v) is 10.4. The summed E-state index contributed by atoms with van der Waals surface area (Å²) in [4.78, 5) is 3.60. The smallest absolute Gasteiger partial charge is 0.169 e. The summed E-state index contributed by atoms with van der Waals surface area (Å²) in [5.41, 5.74) is 2.08. The Bertz CT molecular complexity index is 711. The SMILES string of the molecule is CCCCNC(=S)N1CC[NH+](C(c2ccc(F)cc2)c2ccc(F)cc2)CC1. The van der Waals surface area contributed by atoms with Crippen molar-refractivity contribution in [1.29, 1.82) is 0 Å². The van der Waals surface area contributed by atoms with Crippen molar-refractivity contribution in [2.45, 2.75) is 25.8 Å². The minimum absolute atomic E-state index is 0.0463. The Morgan fingerprint density at radius 1 is 1.00 bits per heavy atom. The van der Waals surface area contributed by atoms with Crippen LogP contribution in [0.3, 0.4) is 0 Å². The molecular formula is C22H28F2N3S+. The Labute approximate surface area is 171 Å². The number of nitrogens with one attached hydrogen (secondary N) is 2. The number of piperazine rings is 1. The molecule has 0 radical (unpaired) electrons. The predicted molar refractivity (Wildman–Crippen MR) is 112 cm³/mol. The predicted octanol–water partition coefficient (Wildman–Crippen LogP) is 2.93. The molecular weight excluding hydrogens is 376 g/mol. The quantitative estimate of drug-likeness (QED) is 0.571. The van der Waals surface area contributed by atoms with E-state index in [0.29, 0.717) is 0 Å². The molecule has 3 rings (SSSR count). The first-order chi connectivity index (χ1) is 13.6. The monoisotopic (exact) mass is 404 g/mol. The molecule has 1 saturated heterocycles. The van der Waals surface area contributed by atoms with Gasteiger partial charge in [0.1, 0.15) is 17.7 Å². The fourth-order valence-corrected chi connectivity index (χ4v) is 4.03. The van der Waals surface area contributed by atoms with Crippen LogP contribution >= 0.6 is 12.2 Å². The van der Waals surface area contributed by atoms with Gasteiger partial charge >= 0.3 is 0 Å². The molecule has 1 fully saturated rings. The van der Waals surface area contributed by atoms with E-state index >= 15 is 0 Å². The molecule has 1 heterocycles. The molecule has 6 heteroatoms. The van der Waals surface area contributed by atoms with E-state index < -0.39 is 0 Å². The maximum atomic E-state index is 13.4. The van der Waals surface area contributed by atoms with Gasteiger partial charge in [0.05, 0.1) is 26.2 Å². The van der Waals surface area contributed by atoms with E-state index in [0.717, 1.165) is 61.8 Å². The summed E-state index contributed by atoms with van der Waals surface area (Å²) in [5.74, 6) is -0.491. The molecule has 28 heavy (non-hydrogen) atoms. The zero-order chi connectivity index (χ0) is 19.9. The van der Waals surface area contributed by atoms with Crippen LogP contribution in [0, 0.1) is 11.6 Å². The Kier molecular flexibility index (Phi) is 7.34. The highest BCUT2D eigenvalue weighted by atomic mass is 32.1. The normalized spacial score (nSPS) is 15.1. The Morgan fingerprint density at radius 2 is 1.50 bits per heavy atom. The molecule has 0 unspecified atom stereocenters. The average molecular weight is 405 g/mol. The fraction of sp³-hybridized carbons (Fsp3) is 0.409. The number of unbranched alkanes of at least 4 members (excludes halogenated alkanes) is 1. The van der Waals surface area contributed by atoms with E-state index in [9.17, 15) is 8.78 Å². The van der Waals surface area contributed by atoms with E-state index in [2.05, 4.69) is 17.1 Å². The van der Waals surface area contributed by atoms with Crippen LogP contribution < -0.4 is 10.2 Å². The molecule has 150 valence electrons. The molecule has 0 atom stereocenters. The minimum atomic E-state index is -0.245. The molecule has 1 aliphatic heterocycles. The Morgan fingerprint density at radius 3 is 1.96 bits per heavy atom. The third-order valence-electron chi connectivity index (χ3n) is 5.31. The fourth-order valence-electron chi connectivity index (χ4n) is 3.74. The third-order valence-corrected chi connectivity index (χ3v) is 5.72. The van der Waals surface area contributed by atoms with Crippen molar-refractivity contribution in [1.82, 2.24) is 10.2 Å². The lowest BCUT2D eigenvalue weighted by molar-refractivity contribution is -0.929. The number of hydrogen-bond acceptors (Lipinski definition) is 1. The molecule has 3 nitrogen and oxygen atoms in total. The number of halogens is 2. The van der Waals surface area contributed by atoms with Gasteiger partial charge in [-0.25, -0.2) is 8.78 Å². The van der Waals surface area contributed by atoms with Gasteiger partial charge in [-0.05, 0) is 67.2 Å². The molecule has 0 aromatic heterocycles. The summed E-state index contributed by atoms with van der Waals surface area (Å²) >= 11 is 5.53. The van der Waals surface area contributed by atoms with Crippen LogP contribution in [0.4, 0.5) is 8.78 Å². The summed E-state index contributed by atoms with van der Waals surface area (Å²) in [6.07, 6.45) is 2.26.